The molecular formula is C13H20N2O2. The SMILES string of the molecule is COCc1ccccc1NC(=O)C(C)(C)CN. The van der Waals surface area contributed by atoms with E-state index in [0.29, 0.717) is 13.2 Å². The number of anilines is 1. The molecule has 0 radical (unpaired) electrons. The zero-order valence-corrected chi connectivity index (χ0v) is 10.6. The van der Waals surface area contributed by atoms with Crippen molar-refractivity contribution < 1.29 is 9.53 Å². The lowest BCUT2D eigenvalue weighted by molar-refractivity contribution is -0.123. The fourth-order valence-electron chi connectivity index (χ4n) is 1.31. The molecule has 0 bridgehead atoms. The number of nitrogens with two attached hydrogens (primary N) is 1. The first-order valence-electron chi connectivity index (χ1n) is 5.59. The minimum absolute atomic E-state index is 0.0800. The van der Waals surface area contributed by atoms with Gasteiger partial charge in [-0.1, -0.05) is 18.2 Å². The zero-order chi connectivity index (χ0) is 12.9. The van der Waals surface area contributed by atoms with Crippen LogP contribution in [0.25, 0.3) is 0 Å². The van der Waals surface area contributed by atoms with Crippen molar-refractivity contribution in [3.05, 3.63) is 29.8 Å². The first kappa shape index (κ1) is 13.7. The molecule has 0 aliphatic heterocycles. The minimum Gasteiger partial charge on any atom is -0.380 e. The van der Waals surface area contributed by atoms with Gasteiger partial charge in [0.05, 0.1) is 12.0 Å². The normalized spacial score (nSPS) is 11.3. The number of benzene rings is 1. The number of carbonyl (C=O) groups is 1. The number of amides is 1. The molecule has 0 aromatic heterocycles. The third kappa shape index (κ3) is 3.54. The molecule has 0 saturated carbocycles. The van der Waals surface area contributed by atoms with Crippen LogP contribution in [0.2, 0.25) is 0 Å². The Morgan fingerprint density at radius 3 is 2.65 bits per heavy atom. The maximum atomic E-state index is 12.0. The molecule has 17 heavy (non-hydrogen) atoms. The first-order chi connectivity index (χ1) is 8.01. The first-order valence-corrected chi connectivity index (χ1v) is 5.59. The summed E-state index contributed by atoms with van der Waals surface area (Å²) in [5.41, 5.74) is 6.74. The lowest BCUT2D eigenvalue weighted by atomic mass is 9.92. The molecule has 1 aromatic rings. The highest BCUT2D eigenvalue weighted by atomic mass is 16.5. The van der Waals surface area contributed by atoms with Crippen molar-refractivity contribution >= 4 is 11.6 Å². The smallest absolute Gasteiger partial charge is 0.231 e. The summed E-state index contributed by atoms with van der Waals surface area (Å²) in [4.78, 5) is 12.0. The maximum Gasteiger partial charge on any atom is 0.231 e. The number of para-hydroxylation sites is 1. The highest BCUT2D eigenvalue weighted by Crippen LogP contribution is 2.20. The van der Waals surface area contributed by atoms with Crippen LogP contribution in [-0.2, 0) is 16.1 Å². The van der Waals surface area contributed by atoms with E-state index < -0.39 is 5.41 Å². The molecule has 0 saturated heterocycles. The van der Waals surface area contributed by atoms with E-state index in [-0.39, 0.29) is 5.91 Å². The molecule has 0 aliphatic carbocycles. The van der Waals surface area contributed by atoms with Gasteiger partial charge in [0.1, 0.15) is 0 Å². The molecule has 4 heteroatoms. The molecule has 0 fully saturated rings. The van der Waals surface area contributed by atoms with E-state index in [1.807, 2.05) is 38.1 Å². The van der Waals surface area contributed by atoms with Crippen molar-refractivity contribution in [2.75, 3.05) is 19.0 Å². The maximum absolute atomic E-state index is 12.0. The van der Waals surface area contributed by atoms with Crippen molar-refractivity contribution in [2.24, 2.45) is 11.1 Å². The van der Waals surface area contributed by atoms with Crippen molar-refractivity contribution in [2.45, 2.75) is 20.5 Å². The van der Waals surface area contributed by atoms with Crippen LogP contribution in [0.15, 0.2) is 24.3 Å². The van der Waals surface area contributed by atoms with E-state index in [9.17, 15) is 4.79 Å². The van der Waals surface area contributed by atoms with Crippen molar-refractivity contribution in [3.8, 4) is 0 Å². The summed E-state index contributed by atoms with van der Waals surface area (Å²) >= 11 is 0. The molecule has 1 rings (SSSR count). The molecule has 94 valence electrons. The van der Waals surface area contributed by atoms with Gasteiger partial charge in [-0.2, -0.15) is 0 Å². The molecule has 3 N–H and O–H groups in total. The summed E-state index contributed by atoms with van der Waals surface area (Å²) in [6, 6.07) is 7.58. The van der Waals surface area contributed by atoms with Crippen LogP contribution in [0.4, 0.5) is 5.69 Å². The van der Waals surface area contributed by atoms with Crippen molar-refractivity contribution in [1.82, 2.24) is 0 Å². The number of nitrogens with one attached hydrogen (secondary N) is 1. The Balaban J connectivity index is 2.84. The number of hydrogen-bond donors (Lipinski definition) is 2. The van der Waals surface area contributed by atoms with Crippen LogP contribution < -0.4 is 11.1 Å². The fraction of sp³-hybridized carbons (Fsp3) is 0.462. The van der Waals surface area contributed by atoms with Crippen LogP contribution >= 0.6 is 0 Å². The van der Waals surface area contributed by atoms with E-state index in [1.54, 1.807) is 7.11 Å². The summed E-state index contributed by atoms with van der Waals surface area (Å²) in [5.74, 6) is -0.0800. The quantitative estimate of drug-likeness (QED) is 0.818. The average Bonchev–Trinajstić information content (AvgIpc) is 2.32. The predicted octanol–water partition coefficient (Wildman–Crippen LogP) is 1.76. The molecule has 0 unspecified atom stereocenters. The molecular weight excluding hydrogens is 216 g/mol. The number of ether oxygens (including phenoxy) is 1. The molecule has 0 heterocycles. The molecule has 4 nitrogen and oxygen atoms in total. The van der Waals surface area contributed by atoms with E-state index in [4.69, 9.17) is 10.5 Å². The monoisotopic (exact) mass is 236 g/mol. The van der Waals surface area contributed by atoms with Crippen LogP contribution in [0.5, 0.6) is 0 Å². The van der Waals surface area contributed by atoms with E-state index in [1.165, 1.54) is 0 Å². The van der Waals surface area contributed by atoms with Gasteiger partial charge in [0, 0.05) is 24.9 Å². The van der Waals surface area contributed by atoms with Gasteiger partial charge >= 0.3 is 0 Å². The van der Waals surface area contributed by atoms with Crippen LogP contribution in [-0.4, -0.2) is 19.6 Å². The second-order valence-electron chi connectivity index (χ2n) is 4.63. The summed E-state index contributed by atoms with van der Waals surface area (Å²) in [7, 11) is 1.63. The standard InChI is InChI=1S/C13H20N2O2/c1-13(2,9-14)12(16)15-11-7-5-4-6-10(11)8-17-3/h4-7H,8-9,14H2,1-3H3,(H,15,16). The molecule has 1 amide bonds. The summed E-state index contributed by atoms with van der Waals surface area (Å²) in [6.45, 7) is 4.42. The van der Waals surface area contributed by atoms with Gasteiger partial charge in [-0.05, 0) is 19.9 Å². The Hall–Kier alpha value is -1.39. The van der Waals surface area contributed by atoms with Crippen LogP contribution in [0.1, 0.15) is 19.4 Å². The van der Waals surface area contributed by atoms with E-state index >= 15 is 0 Å². The van der Waals surface area contributed by atoms with Crippen LogP contribution in [0.3, 0.4) is 0 Å². The lowest BCUT2D eigenvalue weighted by Crippen LogP contribution is -2.37. The predicted molar refractivity (Wildman–Crippen MR) is 68.6 cm³/mol. The minimum atomic E-state index is -0.569. The van der Waals surface area contributed by atoms with Gasteiger partial charge in [0.2, 0.25) is 5.91 Å². The average molecular weight is 236 g/mol. The summed E-state index contributed by atoms with van der Waals surface area (Å²) in [6.07, 6.45) is 0. The Labute approximate surface area is 102 Å². The van der Waals surface area contributed by atoms with Gasteiger partial charge in [-0.15, -0.1) is 0 Å². The Kier molecular flexibility index (Phi) is 4.66. The topological polar surface area (TPSA) is 64.3 Å². The second kappa shape index (κ2) is 5.80. The lowest BCUT2D eigenvalue weighted by Gasteiger charge is -2.22. The number of rotatable bonds is 5. The Morgan fingerprint density at radius 1 is 1.41 bits per heavy atom. The Bertz CT molecular complexity index is 389. The summed E-state index contributed by atoms with van der Waals surface area (Å²) < 4.78 is 5.09. The van der Waals surface area contributed by atoms with Gasteiger partial charge < -0.3 is 15.8 Å². The van der Waals surface area contributed by atoms with Gasteiger partial charge in [-0.3, -0.25) is 4.79 Å². The third-order valence-electron chi connectivity index (χ3n) is 2.69. The third-order valence-corrected chi connectivity index (χ3v) is 2.69. The number of carbonyl (C=O) groups excluding carboxylic acids is 1. The summed E-state index contributed by atoms with van der Waals surface area (Å²) in [5, 5.41) is 2.89. The molecule has 0 spiro atoms. The number of hydrogen-bond acceptors (Lipinski definition) is 3. The highest BCUT2D eigenvalue weighted by Gasteiger charge is 2.26. The molecule has 1 aromatic carbocycles. The zero-order valence-electron chi connectivity index (χ0n) is 10.6. The Morgan fingerprint density at radius 2 is 2.06 bits per heavy atom. The van der Waals surface area contributed by atoms with E-state index in [2.05, 4.69) is 5.32 Å². The van der Waals surface area contributed by atoms with Crippen molar-refractivity contribution in [1.29, 1.82) is 0 Å². The molecule has 0 atom stereocenters. The van der Waals surface area contributed by atoms with Crippen molar-refractivity contribution in [3.63, 3.8) is 0 Å². The van der Waals surface area contributed by atoms with E-state index in [0.717, 1.165) is 11.3 Å². The van der Waals surface area contributed by atoms with Crippen LogP contribution in [0, 0.1) is 5.41 Å². The highest BCUT2D eigenvalue weighted by molar-refractivity contribution is 5.95. The van der Waals surface area contributed by atoms with Gasteiger partial charge in [0.15, 0.2) is 0 Å². The molecule has 0 aliphatic rings. The van der Waals surface area contributed by atoms with Gasteiger partial charge in [-0.25, -0.2) is 0 Å². The fourth-order valence-corrected chi connectivity index (χ4v) is 1.31. The second-order valence-corrected chi connectivity index (χ2v) is 4.63. The number of methoxy groups -OCH3 is 1. The van der Waals surface area contributed by atoms with Gasteiger partial charge in [0.25, 0.3) is 0 Å². The largest absolute Gasteiger partial charge is 0.380 e.